The van der Waals surface area contributed by atoms with Crippen molar-refractivity contribution in [1.29, 1.82) is 0 Å². The number of para-hydroxylation sites is 1. The van der Waals surface area contributed by atoms with Gasteiger partial charge in [-0.3, -0.25) is 14.5 Å². The summed E-state index contributed by atoms with van der Waals surface area (Å²) in [6, 6.07) is 11.1. The van der Waals surface area contributed by atoms with E-state index >= 15 is 0 Å². The Balaban J connectivity index is 1.49. The molecular formula is C34H40N2O6. The molecule has 2 aromatic carbocycles. The highest BCUT2D eigenvalue weighted by molar-refractivity contribution is 5.94. The first kappa shape index (κ1) is 29.5. The standard InChI is InChI=1S/C34H40N2O6/c1-5-22-9-8-10-23(6-2)32(22)35-30(37)20-36-19-26(24-11-12-28-29(18-24)42-16-15-41-28)31(34(38)39)33(36)21(4)17-25-13-14-40-27(25)7-3/h7-12,17-18,26,31,33H,4-6,13-16,19-20H2,1-3H3,(H,35,37)(H,38,39)/b25-17-,27-7+/t26-,31-,33+/m1/s1. The maximum absolute atomic E-state index is 13.6. The van der Waals surface area contributed by atoms with Crippen LogP contribution in [-0.2, 0) is 27.2 Å². The Morgan fingerprint density at radius 2 is 1.76 bits per heavy atom. The number of amides is 1. The van der Waals surface area contributed by atoms with Crippen molar-refractivity contribution in [3.63, 3.8) is 0 Å². The zero-order valence-corrected chi connectivity index (χ0v) is 24.7. The second-order valence-electron chi connectivity index (χ2n) is 11.0. The van der Waals surface area contributed by atoms with Crippen LogP contribution in [0.2, 0.25) is 0 Å². The van der Waals surface area contributed by atoms with Gasteiger partial charge in [-0.25, -0.2) is 0 Å². The number of likely N-dealkylation sites (tertiary alicyclic amines) is 1. The molecule has 3 aliphatic rings. The molecule has 0 aliphatic carbocycles. The van der Waals surface area contributed by atoms with Crippen LogP contribution in [-0.4, -0.2) is 60.8 Å². The van der Waals surface area contributed by atoms with Gasteiger partial charge in [0.15, 0.2) is 11.5 Å². The van der Waals surface area contributed by atoms with Crippen molar-refractivity contribution >= 4 is 17.6 Å². The van der Waals surface area contributed by atoms with Crippen LogP contribution in [0.15, 0.2) is 72.0 Å². The van der Waals surface area contributed by atoms with Crippen molar-refractivity contribution < 1.29 is 28.9 Å². The maximum Gasteiger partial charge on any atom is 0.309 e. The summed E-state index contributed by atoms with van der Waals surface area (Å²) in [6.45, 7) is 12.3. The fourth-order valence-corrected chi connectivity index (χ4v) is 6.44. The lowest BCUT2D eigenvalue weighted by Gasteiger charge is -2.27. The quantitative estimate of drug-likeness (QED) is 0.410. The predicted octanol–water partition coefficient (Wildman–Crippen LogP) is 5.50. The Bertz CT molecular complexity index is 1400. The first-order chi connectivity index (χ1) is 20.3. The molecular weight excluding hydrogens is 532 g/mol. The van der Waals surface area contributed by atoms with Gasteiger partial charge in [0.25, 0.3) is 0 Å². The van der Waals surface area contributed by atoms with E-state index < -0.39 is 17.9 Å². The summed E-state index contributed by atoms with van der Waals surface area (Å²) in [7, 11) is 0. The van der Waals surface area contributed by atoms with E-state index in [0.29, 0.717) is 43.4 Å². The highest BCUT2D eigenvalue weighted by Crippen LogP contribution is 2.44. The minimum atomic E-state index is -0.930. The van der Waals surface area contributed by atoms with Crippen LogP contribution >= 0.6 is 0 Å². The molecule has 0 bridgehead atoms. The van der Waals surface area contributed by atoms with Gasteiger partial charge < -0.3 is 24.6 Å². The molecule has 2 fully saturated rings. The number of nitrogens with one attached hydrogen (secondary N) is 1. The van der Waals surface area contributed by atoms with E-state index in [1.54, 1.807) is 0 Å². The lowest BCUT2D eigenvalue weighted by atomic mass is 9.82. The van der Waals surface area contributed by atoms with E-state index in [9.17, 15) is 14.7 Å². The van der Waals surface area contributed by atoms with E-state index in [-0.39, 0.29) is 18.4 Å². The second kappa shape index (κ2) is 12.9. The van der Waals surface area contributed by atoms with E-state index in [0.717, 1.165) is 53.0 Å². The Kier molecular flexibility index (Phi) is 9.02. The van der Waals surface area contributed by atoms with Crippen LogP contribution in [0, 0.1) is 5.92 Å². The Morgan fingerprint density at radius 3 is 2.43 bits per heavy atom. The molecule has 0 unspecified atom stereocenters. The van der Waals surface area contributed by atoms with Crippen molar-refractivity contribution in [3.05, 3.63) is 88.7 Å². The molecule has 0 saturated carbocycles. The Hall–Kier alpha value is -4.04. The maximum atomic E-state index is 13.6. The number of carboxylic acid groups (broad SMARTS) is 1. The van der Waals surface area contributed by atoms with Crippen LogP contribution in [0.4, 0.5) is 5.69 Å². The third-order valence-electron chi connectivity index (χ3n) is 8.43. The minimum absolute atomic E-state index is 0.0336. The molecule has 42 heavy (non-hydrogen) atoms. The van der Waals surface area contributed by atoms with Crippen molar-refractivity contribution in [3.8, 4) is 11.5 Å². The number of carbonyl (C=O) groups excluding carboxylic acids is 1. The van der Waals surface area contributed by atoms with Gasteiger partial charge in [-0.1, -0.05) is 50.8 Å². The van der Waals surface area contributed by atoms with Crippen molar-refractivity contribution in [2.75, 3.05) is 38.2 Å². The molecule has 3 atom stereocenters. The van der Waals surface area contributed by atoms with Crippen LogP contribution in [0.5, 0.6) is 11.5 Å². The number of aryl methyl sites for hydroxylation is 2. The number of hydrogen-bond donors (Lipinski definition) is 2. The number of carboxylic acids is 1. The van der Waals surface area contributed by atoms with Crippen molar-refractivity contribution in [1.82, 2.24) is 4.90 Å². The number of nitrogens with zero attached hydrogens (tertiary/aromatic N) is 1. The molecule has 3 heterocycles. The molecule has 1 amide bonds. The number of rotatable bonds is 9. The number of benzene rings is 2. The molecule has 222 valence electrons. The van der Waals surface area contributed by atoms with Crippen LogP contribution in [0.25, 0.3) is 0 Å². The SMILES string of the molecule is C=C(/C=C1/CCO/C1=C/C)[C@H]1[C@H](C(=O)O)[C@@H](c2ccc3c(c2)OCCO3)CN1CC(=O)Nc1c(CC)cccc1CC. The third kappa shape index (κ3) is 5.95. The third-order valence-corrected chi connectivity index (χ3v) is 8.43. The molecule has 0 radical (unpaired) electrons. The van der Waals surface area contributed by atoms with Gasteiger partial charge in [-0.15, -0.1) is 0 Å². The molecule has 0 spiro atoms. The summed E-state index contributed by atoms with van der Waals surface area (Å²) in [4.78, 5) is 28.5. The summed E-state index contributed by atoms with van der Waals surface area (Å²) in [5.41, 5.74) is 5.48. The summed E-state index contributed by atoms with van der Waals surface area (Å²) in [5, 5.41) is 13.8. The normalized spacial score (nSPS) is 23.6. The van der Waals surface area contributed by atoms with Gasteiger partial charge in [-0.05, 0) is 65.8 Å². The van der Waals surface area contributed by atoms with Crippen LogP contribution in [0.1, 0.15) is 49.8 Å². The van der Waals surface area contributed by atoms with E-state index in [2.05, 4.69) is 25.7 Å². The van der Waals surface area contributed by atoms with Crippen molar-refractivity contribution in [2.24, 2.45) is 5.92 Å². The van der Waals surface area contributed by atoms with E-state index in [1.807, 2.05) is 60.4 Å². The zero-order chi connectivity index (χ0) is 29.8. The van der Waals surface area contributed by atoms with Gasteiger partial charge in [0.2, 0.25) is 5.91 Å². The monoisotopic (exact) mass is 572 g/mol. The predicted molar refractivity (Wildman–Crippen MR) is 162 cm³/mol. The highest BCUT2D eigenvalue weighted by Gasteiger charge is 2.48. The first-order valence-electron chi connectivity index (χ1n) is 14.8. The molecule has 2 saturated heterocycles. The highest BCUT2D eigenvalue weighted by atomic mass is 16.6. The molecule has 8 nitrogen and oxygen atoms in total. The summed E-state index contributed by atoms with van der Waals surface area (Å²) >= 11 is 0. The number of anilines is 1. The van der Waals surface area contributed by atoms with Gasteiger partial charge in [-0.2, -0.15) is 0 Å². The Labute approximate surface area is 247 Å². The molecule has 2 aromatic rings. The van der Waals surface area contributed by atoms with E-state index in [1.165, 1.54) is 0 Å². The first-order valence-corrected chi connectivity index (χ1v) is 14.8. The van der Waals surface area contributed by atoms with Crippen LogP contribution in [0.3, 0.4) is 0 Å². The fraction of sp³-hybridized carbons (Fsp3) is 0.412. The van der Waals surface area contributed by atoms with Crippen LogP contribution < -0.4 is 14.8 Å². The summed E-state index contributed by atoms with van der Waals surface area (Å²) < 4.78 is 17.2. The fourth-order valence-electron chi connectivity index (χ4n) is 6.44. The number of hydrogen-bond acceptors (Lipinski definition) is 6. The topological polar surface area (TPSA) is 97.3 Å². The number of fused-ring (bicyclic) bond motifs is 1. The summed E-state index contributed by atoms with van der Waals surface area (Å²) in [5.74, 6) is -0.269. The molecule has 0 aromatic heterocycles. The second-order valence-corrected chi connectivity index (χ2v) is 11.0. The smallest absolute Gasteiger partial charge is 0.309 e. The van der Waals surface area contributed by atoms with Gasteiger partial charge >= 0.3 is 5.97 Å². The number of allylic oxidation sites excluding steroid dienone is 2. The van der Waals surface area contributed by atoms with Gasteiger partial charge in [0, 0.05) is 30.6 Å². The minimum Gasteiger partial charge on any atom is -0.493 e. The average Bonchev–Trinajstić information content (AvgIpc) is 3.61. The average molecular weight is 573 g/mol. The lowest BCUT2D eigenvalue weighted by Crippen LogP contribution is -2.41. The summed E-state index contributed by atoms with van der Waals surface area (Å²) in [6.07, 6.45) is 6.17. The largest absolute Gasteiger partial charge is 0.493 e. The number of aliphatic carboxylic acids is 1. The number of carbonyl (C=O) groups is 2. The Morgan fingerprint density at radius 1 is 1.05 bits per heavy atom. The molecule has 8 heteroatoms. The van der Waals surface area contributed by atoms with Gasteiger partial charge in [0.05, 0.1) is 19.1 Å². The molecule has 3 aliphatic heterocycles. The molecule has 5 rings (SSSR count). The number of ether oxygens (including phenoxy) is 3. The van der Waals surface area contributed by atoms with Crippen molar-refractivity contribution in [2.45, 2.75) is 52.0 Å². The van der Waals surface area contributed by atoms with Gasteiger partial charge in [0.1, 0.15) is 19.0 Å². The van der Waals surface area contributed by atoms with E-state index in [4.69, 9.17) is 14.2 Å². The molecule has 2 N–H and O–H groups in total. The lowest BCUT2D eigenvalue weighted by molar-refractivity contribution is -0.142. The zero-order valence-electron chi connectivity index (χ0n) is 24.7.